The molecule has 7 heteroatoms. The predicted molar refractivity (Wildman–Crippen MR) is 114 cm³/mol. The van der Waals surface area contributed by atoms with Crippen LogP contribution in [-0.4, -0.2) is 62.0 Å². The van der Waals surface area contributed by atoms with Crippen LogP contribution < -0.4 is 0 Å². The number of phosphoric ester groups is 1. The molecule has 2 N–H and O–H groups in total. The van der Waals surface area contributed by atoms with E-state index in [0.29, 0.717) is 17.6 Å². The van der Waals surface area contributed by atoms with Crippen molar-refractivity contribution in [1.82, 2.24) is 0 Å². The molecule has 0 aromatic heterocycles. The van der Waals surface area contributed by atoms with Gasteiger partial charge in [-0.3, -0.25) is 9.05 Å². The SMILES string of the molecule is CCC.C[N+](C)(C)CCOP(=O)(O)OCCCCCCCCCCCCO. The fourth-order valence-electron chi connectivity index (χ4n) is 2.28. The summed E-state index contributed by atoms with van der Waals surface area (Å²) in [5.41, 5.74) is 0. The highest BCUT2D eigenvalue weighted by molar-refractivity contribution is 7.47. The first kappa shape index (κ1) is 29.2. The molecule has 0 rings (SSSR count). The van der Waals surface area contributed by atoms with Gasteiger partial charge in [0.15, 0.2) is 0 Å². The second-order valence-electron chi connectivity index (χ2n) is 8.12. The van der Waals surface area contributed by atoms with Crippen LogP contribution >= 0.6 is 7.82 Å². The van der Waals surface area contributed by atoms with Crippen LogP contribution in [0.3, 0.4) is 0 Å². The van der Waals surface area contributed by atoms with Crippen molar-refractivity contribution in [2.75, 3.05) is 47.5 Å². The van der Waals surface area contributed by atoms with Gasteiger partial charge in [0.2, 0.25) is 0 Å². The van der Waals surface area contributed by atoms with Gasteiger partial charge >= 0.3 is 7.82 Å². The molecule has 0 saturated heterocycles. The van der Waals surface area contributed by atoms with E-state index in [1.165, 1.54) is 38.5 Å². The number of aliphatic hydroxyl groups is 1. The Morgan fingerprint density at radius 3 is 1.52 bits per heavy atom. The van der Waals surface area contributed by atoms with Crippen molar-refractivity contribution < 1.29 is 28.1 Å². The molecule has 27 heavy (non-hydrogen) atoms. The van der Waals surface area contributed by atoms with Gasteiger partial charge in [0.1, 0.15) is 13.2 Å². The van der Waals surface area contributed by atoms with Gasteiger partial charge in [-0.05, 0) is 12.8 Å². The summed E-state index contributed by atoms with van der Waals surface area (Å²) in [4.78, 5) is 9.56. The standard InChI is InChI=1S/C17H38NO5P.C3H8/c1-18(2,3)14-17-23-24(20,21)22-16-13-11-9-7-5-4-6-8-10-12-15-19;1-3-2/h19H,4-17H2,1-3H3;3H2,1-2H3/p+1. The van der Waals surface area contributed by atoms with Crippen LogP contribution in [0, 0.1) is 0 Å². The van der Waals surface area contributed by atoms with Crippen molar-refractivity contribution in [3.8, 4) is 0 Å². The zero-order chi connectivity index (χ0) is 21.0. The topological polar surface area (TPSA) is 76.0 Å². The minimum absolute atomic E-state index is 0.218. The molecule has 0 spiro atoms. The number of rotatable bonds is 17. The van der Waals surface area contributed by atoms with Crippen LogP contribution in [-0.2, 0) is 13.6 Å². The average Bonchev–Trinajstić information content (AvgIpc) is 2.55. The number of phosphoric acid groups is 1. The van der Waals surface area contributed by atoms with Gasteiger partial charge in [0.05, 0.1) is 27.7 Å². The fraction of sp³-hybridized carbons (Fsp3) is 1.00. The van der Waals surface area contributed by atoms with E-state index in [1.54, 1.807) is 0 Å². The summed E-state index contributed by atoms with van der Waals surface area (Å²) in [7, 11) is 2.12. The van der Waals surface area contributed by atoms with Crippen molar-refractivity contribution in [3.05, 3.63) is 0 Å². The minimum Gasteiger partial charge on any atom is -0.396 e. The van der Waals surface area contributed by atoms with Gasteiger partial charge in [-0.15, -0.1) is 0 Å². The van der Waals surface area contributed by atoms with Crippen LogP contribution in [0.2, 0.25) is 0 Å². The minimum atomic E-state index is -3.89. The van der Waals surface area contributed by atoms with Crippen LogP contribution in [0.25, 0.3) is 0 Å². The van der Waals surface area contributed by atoms with Crippen LogP contribution in [0.5, 0.6) is 0 Å². The van der Waals surface area contributed by atoms with Crippen molar-refractivity contribution in [2.24, 2.45) is 0 Å². The second-order valence-corrected chi connectivity index (χ2v) is 9.57. The second kappa shape index (κ2) is 19.4. The van der Waals surface area contributed by atoms with Crippen molar-refractivity contribution >= 4 is 7.82 Å². The maximum Gasteiger partial charge on any atom is 0.472 e. The lowest BCUT2D eigenvalue weighted by Crippen LogP contribution is -2.37. The number of unbranched alkanes of at least 4 members (excludes halogenated alkanes) is 9. The molecule has 0 aliphatic heterocycles. The van der Waals surface area contributed by atoms with Gasteiger partial charge in [-0.2, -0.15) is 0 Å². The summed E-state index contributed by atoms with van der Waals surface area (Å²) in [5.74, 6) is 0. The smallest absolute Gasteiger partial charge is 0.396 e. The number of hydrogen-bond acceptors (Lipinski definition) is 4. The first-order chi connectivity index (χ1) is 12.7. The molecule has 0 aliphatic rings. The number of quaternary nitrogens is 1. The molecule has 1 atom stereocenters. The lowest BCUT2D eigenvalue weighted by atomic mass is 10.1. The molecule has 0 heterocycles. The molecule has 0 radical (unpaired) electrons. The Hall–Kier alpha value is 0.0300. The van der Waals surface area contributed by atoms with E-state index in [0.717, 1.165) is 32.1 Å². The molecule has 0 bridgehead atoms. The van der Waals surface area contributed by atoms with Crippen LogP contribution in [0.15, 0.2) is 0 Å². The molecule has 0 saturated carbocycles. The van der Waals surface area contributed by atoms with Gasteiger partial charge in [0, 0.05) is 6.61 Å². The third-order valence-electron chi connectivity index (χ3n) is 3.82. The van der Waals surface area contributed by atoms with E-state index >= 15 is 0 Å². The third kappa shape index (κ3) is 28.3. The number of likely N-dealkylation sites (N-methyl/N-ethyl adjacent to an activating group) is 1. The maximum atomic E-state index is 11.7. The quantitative estimate of drug-likeness (QED) is 0.197. The highest BCUT2D eigenvalue weighted by Crippen LogP contribution is 2.43. The molecule has 0 aliphatic carbocycles. The lowest BCUT2D eigenvalue weighted by molar-refractivity contribution is -0.870. The van der Waals surface area contributed by atoms with Crippen LogP contribution in [0.4, 0.5) is 0 Å². The summed E-state index contributed by atoms with van der Waals surface area (Å²) in [6, 6.07) is 0. The molecule has 0 aromatic carbocycles. The Kier molecular flexibility index (Phi) is 21.0. The molecule has 0 aromatic rings. The summed E-state index contributed by atoms with van der Waals surface area (Å²) < 4.78 is 22.3. The predicted octanol–water partition coefficient (Wildman–Crippen LogP) is 5.14. The Balaban J connectivity index is 0. The Bertz CT molecular complexity index is 348. The summed E-state index contributed by atoms with van der Waals surface area (Å²) in [5, 5.41) is 8.68. The van der Waals surface area contributed by atoms with E-state index in [2.05, 4.69) is 13.8 Å². The molecule has 1 unspecified atom stereocenters. The largest absolute Gasteiger partial charge is 0.472 e. The zero-order valence-electron chi connectivity index (χ0n) is 18.6. The van der Waals surface area contributed by atoms with E-state index in [1.807, 2.05) is 21.1 Å². The van der Waals surface area contributed by atoms with Crippen molar-refractivity contribution in [2.45, 2.75) is 84.5 Å². The molecular weight excluding hydrogens is 365 g/mol. The summed E-state index contributed by atoms with van der Waals surface area (Å²) >= 11 is 0. The van der Waals surface area contributed by atoms with Gasteiger partial charge in [0.25, 0.3) is 0 Å². The van der Waals surface area contributed by atoms with Gasteiger partial charge in [-0.25, -0.2) is 4.57 Å². The molecule has 166 valence electrons. The Labute approximate surface area is 168 Å². The number of nitrogens with zero attached hydrogens (tertiary/aromatic N) is 1. The fourth-order valence-corrected chi connectivity index (χ4v) is 3.02. The Morgan fingerprint density at radius 2 is 1.11 bits per heavy atom. The lowest BCUT2D eigenvalue weighted by Gasteiger charge is -2.24. The van der Waals surface area contributed by atoms with E-state index < -0.39 is 7.82 Å². The first-order valence-corrected chi connectivity index (χ1v) is 12.2. The number of aliphatic hydroxyl groups excluding tert-OH is 1. The molecule has 0 amide bonds. The van der Waals surface area contributed by atoms with E-state index in [9.17, 15) is 9.46 Å². The molecule has 0 fully saturated rings. The third-order valence-corrected chi connectivity index (χ3v) is 4.84. The summed E-state index contributed by atoms with van der Waals surface area (Å²) in [6.07, 6.45) is 12.4. The van der Waals surface area contributed by atoms with E-state index in [4.69, 9.17) is 14.2 Å². The zero-order valence-corrected chi connectivity index (χ0v) is 19.5. The Morgan fingerprint density at radius 1 is 0.741 bits per heavy atom. The molecular formula is C20H47NO5P+. The normalized spacial score (nSPS) is 13.7. The maximum absolute atomic E-state index is 11.7. The van der Waals surface area contributed by atoms with Crippen molar-refractivity contribution in [1.29, 1.82) is 0 Å². The molecule has 6 nitrogen and oxygen atoms in total. The van der Waals surface area contributed by atoms with Crippen molar-refractivity contribution in [3.63, 3.8) is 0 Å². The monoisotopic (exact) mass is 412 g/mol. The van der Waals surface area contributed by atoms with Gasteiger partial charge < -0.3 is 14.5 Å². The van der Waals surface area contributed by atoms with E-state index in [-0.39, 0.29) is 13.2 Å². The highest BCUT2D eigenvalue weighted by Gasteiger charge is 2.21. The highest BCUT2D eigenvalue weighted by atomic mass is 31.2. The summed E-state index contributed by atoms with van der Waals surface area (Å²) in [6.45, 7) is 5.71. The first-order valence-electron chi connectivity index (χ1n) is 10.7. The average molecular weight is 413 g/mol. The van der Waals surface area contributed by atoms with Crippen LogP contribution in [0.1, 0.15) is 84.5 Å². The number of hydrogen-bond donors (Lipinski definition) is 2. The van der Waals surface area contributed by atoms with Gasteiger partial charge in [-0.1, -0.05) is 71.6 Å².